The van der Waals surface area contributed by atoms with Crippen molar-refractivity contribution in [2.24, 2.45) is 10.9 Å². The highest BCUT2D eigenvalue weighted by Gasteiger charge is 2.15. The predicted octanol–water partition coefficient (Wildman–Crippen LogP) is -0.206. The van der Waals surface area contributed by atoms with E-state index < -0.39 is 0 Å². The molecule has 3 heterocycles. The first kappa shape index (κ1) is 9.35. The smallest absolute Gasteiger partial charge is 0.269 e. The molecule has 0 fully saturated rings. The van der Waals surface area contributed by atoms with Crippen LogP contribution >= 0.6 is 0 Å². The van der Waals surface area contributed by atoms with Gasteiger partial charge in [0.1, 0.15) is 23.1 Å². The van der Waals surface area contributed by atoms with Crippen molar-refractivity contribution in [2.75, 3.05) is 5.32 Å². The fourth-order valence-electron chi connectivity index (χ4n) is 1.72. The van der Waals surface area contributed by atoms with Crippen LogP contribution in [-0.2, 0) is 0 Å². The third-order valence-corrected chi connectivity index (χ3v) is 2.44. The van der Waals surface area contributed by atoms with Crippen molar-refractivity contribution in [3.05, 3.63) is 35.8 Å². The summed E-state index contributed by atoms with van der Waals surface area (Å²) >= 11 is 0. The maximum atomic E-state index is 9.04. The second-order valence-electron chi connectivity index (χ2n) is 3.40. The van der Waals surface area contributed by atoms with Crippen LogP contribution in [0.25, 0.3) is 11.2 Å². The first-order valence-electron chi connectivity index (χ1n) is 4.84. The standard InChI is InChI=1S/C10H7N7/c11-4-6-5-13-7-2-1-3-8-14-10(16-12)15-9(6)17(7)8/h1-3,5,13H,12H2/b16-10-. The molecule has 3 N–H and O–H groups in total. The Morgan fingerprint density at radius 3 is 3.06 bits per heavy atom. The Hall–Kier alpha value is -2.88. The highest BCUT2D eigenvalue weighted by molar-refractivity contribution is 5.78. The summed E-state index contributed by atoms with van der Waals surface area (Å²) in [6.07, 6.45) is 1.59. The van der Waals surface area contributed by atoms with E-state index in [-0.39, 0.29) is 5.62 Å². The molecule has 7 heteroatoms. The highest BCUT2D eigenvalue weighted by Crippen LogP contribution is 2.21. The van der Waals surface area contributed by atoms with E-state index in [1.54, 1.807) is 16.7 Å². The number of allylic oxidation sites excluding steroid dienone is 1. The number of pyridine rings is 1. The van der Waals surface area contributed by atoms with Gasteiger partial charge in [-0.2, -0.15) is 15.2 Å². The molecule has 0 unspecified atom stereocenters. The van der Waals surface area contributed by atoms with Gasteiger partial charge in [0.25, 0.3) is 5.62 Å². The second-order valence-corrected chi connectivity index (χ2v) is 3.40. The summed E-state index contributed by atoms with van der Waals surface area (Å²) in [5.74, 6) is 6.45. The van der Waals surface area contributed by atoms with Crippen molar-refractivity contribution in [2.45, 2.75) is 0 Å². The number of nitriles is 1. The summed E-state index contributed by atoms with van der Waals surface area (Å²) in [5, 5.41) is 15.5. The lowest BCUT2D eigenvalue weighted by Gasteiger charge is -2.16. The lowest BCUT2D eigenvalue weighted by atomic mass is 10.2. The zero-order valence-corrected chi connectivity index (χ0v) is 8.62. The van der Waals surface area contributed by atoms with Gasteiger partial charge in [0.15, 0.2) is 5.82 Å². The molecule has 0 saturated heterocycles. The van der Waals surface area contributed by atoms with Crippen LogP contribution in [0.2, 0.25) is 0 Å². The second kappa shape index (κ2) is 3.31. The Kier molecular flexibility index (Phi) is 1.82. The number of hydrogen-bond acceptors (Lipinski definition) is 6. The third-order valence-electron chi connectivity index (χ3n) is 2.44. The molecule has 0 aromatic carbocycles. The molecule has 3 rings (SSSR count). The van der Waals surface area contributed by atoms with E-state index in [2.05, 4.69) is 26.5 Å². The number of nitrogens with zero attached hydrogens (tertiary/aromatic N) is 5. The number of hydrogen-bond donors (Lipinski definition) is 2. The van der Waals surface area contributed by atoms with Gasteiger partial charge in [0.05, 0.1) is 0 Å². The van der Waals surface area contributed by atoms with E-state index in [0.717, 1.165) is 5.82 Å². The summed E-state index contributed by atoms with van der Waals surface area (Å²) < 4.78 is 1.74. The predicted molar refractivity (Wildman–Crippen MR) is 60.0 cm³/mol. The van der Waals surface area contributed by atoms with Crippen molar-refractivity contribution < 1.29 is 0 Å². The number of anilines is 1. The Labute approximate surface area is 95.5 Å². The quantitative estimate of drug-likeness (QED) is 0.477. The maximum absolute atomic E-state index is 9.04. The van der Waals surface area contributed by atoms with Gasteiger partial charge in [0.2, 0.25) is 0 Å². The summed E-state index contributed by atoms with van der Waals surface area (Å²) in [6, 6.07) is 7.57. The van der Waals surface area contributed by atoms with Crippen molar-refractivity contribution in [1.82, 2.24) is 14.4 Å². The van der Waals surface area contributed by atoms with Crippen LogP contribution in [0.1, 0.15) is 5.82 Å². The molecule has 1 aliphatic heterocycles. The lowest BCUT2D eigenvalue weighted by molar-refractivity contribution is 0.879. The molecule has 0 aliphatic carbocycles. The van der Waals surface area contributed by atoms with E-state index in [4.69, 9.17) is 11.1 Å². The molecule has 0 amide bonds. The van der Waals surface area contributed by atoms with Gasteiger partial charge in [-0.25, -0.2) is 0 Å². The average molecular weight is 225 g/mol. The minimum Gasteiger partial charge on any atom is -0.346 e. The lowest BCUT2D eigenvalue weighted by Crippen LogP contribution is -2.23. The Morgan fingerprint density at radius 2 is 2.29 bits per heavy atom. The molecule has 17 heavy (non-hydrogen) atoms. The van der Waals surface area contributed by atoms with E-state index in [1.165, 1.54) is 0 Å². The van der Waals surface area contributed by atoms with Gasteiger partial charge in [0, 0.05) is 6.20 Å². The SMILES string of the molecule is N#CC1=CNc2cccc3n/c(=N/N)nc1n23. The largest absolute Gasteiger partial charge is 0.346 e. The minimum atomic E-state index is 0.153. The summed E-state index contributed by atoms with van der Waals surface area (Å²) in [5.41, 5.74) is 1.19. The fourth-order valence-corrected chi connectivity index (χ4v) is 1.72. The molecule has 7 nitrogen and oxygen atoms in total. The van der Waals surface area contributed by atoms with Crippen LogP contribution in [-0.4, -0.2) is 14.4 Å². The third kappa shape index (κ3) is 1.24. The first-order valence-corrected chi connectivity index (χ1v) is 4.84. The molecule has 0 bridgehead atoms. The van der Waals surface area contributed by atoms with E-state index in [0.29, 0.717) is 17.0 Å². The fraction of sp³-hybridized carbons (Fsp3) is 0. The Balaban J connectivity index is 2.53. The molecule has 0 radical (unpaired) electrons. The molecular formula is C10H7N7. The summed E-state index contributed by atoms with van der Waals surface area (Å²) in [7, 11) is 0. The topological polar surface area (TPSA) is 104 Å². The van der Waals surface area contributed by atoms with Crippen LogP contribution < -0.4 is 16.8 Å². The van der Waals surface area contributed by atoms with Crippen molar-refractivity contribution in [3.63, 3.8) is 0 Å². The molecule has 0 saturated carbocycles. The summed E-state index contributed by atoms with van der Waals surface area (Å²) in [4.78, 5) is 8.28. The summed E-state index contributed by atoms with van der Waals surface area (Å²) in [6.45, 7) is 0. The molecule has 1 aliphatic rings. The number of nitrogens with two attached hydrogens (primary N) is 1. The van der Waals surface area contributed by atoms with Gasteiger partial charge in [-0.15, -0.1) is 5.10 Å². The zero-order valence-electron chi connectivity index (χ0n) is 8.62. The monoisotopic (exact) mass is 225 g/mol. The molecule has 2 aromatic heterocycles. The molecule has 0 spiro atoms. The van der Waals surface area contributed by atoms with E-state index >= 15 is 0 Å². The highest BCUT2D eigenvalue weighted by atomic mass is 15.2. The number of nitrogens with one attached hydrogen (secondary N) is 1. The van der Waals surface area contributed by atoms with Crippen LogP contribution in [0.15, 0.2) is 29.5 Å². The molecule has 0 atom stereocenters. The van der Waals surface area contributed by atoms with Crippen molar-refractivity contribution in [3.8, 4) is 6.07 Å². The van der Waals surface area contributed by atoms with Gasteiger partial charge >= 0.3 is 0 Å². The Morgan fingerprint density at radius 1 is 1.41 bits per heavy atom. The van der Waals surface area contributed by atoms with Gasteiger partial charge in [-0.05, 0) is 12.1 Å². The zero-order chi connectivity index (χ0) is 11.8. The van der Waals surface area contributed by atoms with Crippen LogP contribution in [0, 0.1) is 11.3 Å². The Bertz CT molecular complexity index is 747. The number of rotatable bonds is 0. The average Bonchev–Trinajstić information content (AvgIpc) is 2.39. The maximum Gasteiger partial charge on any atom is 0.269 e. The first-order chi connectivity index (χ1) is 8.33. The van der Waals surface area contributed by atoms with Crippen LogP contribution in [0.4, 0.5) is 5.82 Å². The molecular weight excluding hydrogens is 218 g/mol. The van der Waals surface area contributed by atoms with Gasteiger partial charge in [-0.3, -0.25) is 4.40 Å². The minimum absolute atomic E-state index is 0.153. The van der Waals surface area contributed by atoms with Crippen molar-refractivity contribution >= 4 is 17.0 Å². The van der Waals surface area contributed by atoms with Crippen LogP contribution in [0.3, 0.4) is 0 Å². The van der Waals surface area contributed by atoms with E-state index in [9.17, 15) is 0 Å². The molecule has 2 aromatic rings. The molecule has 82 valence electrons. The number of aromatic nitrogens is 3. The van der Waals surface area contributed by atoms with E-state index in [1.807, 2.05) is 12.1 Å². The van der Waals surface area contributed by atoms with Gasteiger partial charge < -0.3 is 11.2 Å². The van der Waals surface area contributed by atoms with Gasteiger partial charge in [-0.1, -0.05) is 6.07 Å². The normalized spacial score (nSPS) is 14.1. The van der Waals surface area contributed by atoms with Crippen LogP contribution in [0.5, 0.6) is 0 Å². The van der Waals surface area contributed by atoms with Crippen molar-refractivity contribution in [1.29, 1.82) is 5.26 Å².